The van der Waals surface area contributed by atoms with Gasteiger partial charge in [-0.2, -0.15) is 0 Å². The maximum absolute atomic E-state index is 10.9. The number of carboxylic acid groups (broad SMARTS) is 1. The topological polar surface area (TPSA) is 75.1 Å². The number of nitrogens with one attached hydrogen (secondary N) is 1. The first-order valence-electron chi connectivity index (χ1n) is 6.05. The van der Waals surface area contributed by atoms with Crippen LogP contribution >= 0.6 is 22.9 Å². The summed E-state index contributed by atoms with van der Waals surface area (Å²) in [5, 5.41) is 14.4. The molecule has 0 amide bonds. The van der Waals surface area contributed by atoms with E-state index in [-0.39, 0.29) is 5.56 Å². The van der Waals surface area contributed by atoms with Crippen LogP contribution in [0.15, 0.2) is 29.9 Å². The molecule has 0 bridgehead atoms. The number of aromatic carboxylic acids is 1. The van der Waals surface area contributed by atoms with Gasteiger partial charge in [0.25, 0.3) is 0 Å². The zero-order valence-electron chi connectivity index (χ0n) is 10.9. The molecule has 2 aromatic heterocycles. The largest absolute Gasteiger partial charge is 0.478 e. The fourth-order valence-electron chi connectivity index (χ4n) is 1.94. The maximum atomic E-state index is 10.9. The van der Waals surface area contributed by atoms with Crippen LogP contribution in [0.4, 0.5) is 11.5 Å². The summed E-state index contributed by atoms with van der Waals surface area (Å²) >= 11 is 7.66. The molecule has 2 N–H and O–H groups in total. The van der Waals surface area contributed by atoms with Crippen molar-refractivity contribution >= 4 is 50.6 Å². The first kappa shape index (κ1) is 13.8. The Morgan fingerprint density at radius 1 is 1.38 bits per heavy atom. The molecule has 0 aliphatic rings. The van der Waals surface area contributed by atoms with Gasteiger partial charge < -0.3 is 10.4 Å². The Balaban J connectivity index is 2.01. The predicted molar refractivity (Wildman–Crippen MR) is 83.8 cm³/mol. The number of hydrogen-bond acceptors (Lipinski definition) is 5. The van der Waals surface area contributed by atoms with Gasteiger partial charge in [0.15, 0.2) is 5.82 Å². The van der Waals surface area contributed by atoms with Gasteiger partial charge in [-0.3, -0.25) is 0 Å². The van der Waals surface area contributed by atoms with Crippen molar-refractivity contribution in [3.05, 3.63) is 46.1 Å². The van der Waals surface area contributed by atoms with Crippen LogP contribution in [0, 0.1) is 6.92 Å². The van der Waals surface area contributed by atoms with Crippen molar-refractivity contribution in [3.63, 3.8) is 0 Å². The highest BCUT2D eigenvalue weighted by Crippen LogP contribution is 2.32. The summed E-state index contributed by atoms with van der Waals surface area (Å²) in [5.74, 6) is -0.357. The van der Waals surface area contributed by atoms with Crippen molar-refractivity contribution < 1.29 is 9.90 Å². The van der Waals surface area contributed by atoms with Crippen molar-refractivity contribution in [2.24, 2.45) is 0 Å². The SMILES string of the molecule is Cc1csc2c(Nc3ccc(C(=O)O)cc3Cl)ncnc12. The summed E-state index contributed by atoms with van der Waals surface area (Å²) in [5.41, 5.74) is 2.74. The molecule has 106 valence electrons. The van der Waals surface area contributed by atoms with E-state index in [4.69, 9.17) is 16.7 Å². The van der Waals surface area contributed by atoms with Crippen molar-refractivity contribution in [1.82, 2.24) is 9.97 Å². The Labute approximate surface area is 129 Å². The molecule has 0 saturated heterocycles. The maximum Gasteiger partial charge on any atom is 0.335 e. The molecule has 3 rings (SSSR count). The highest BCUT2D eigenvalue weighted by atomic mass is 35.5. The van der Waals surface area contributed by atoms with Crippen LogP contribution < -0.4 is 5.32 Å². The summed E-state index contributed by atoms with van der Waals surface area (Å²) in [7, 11) is 0. The van der Waals surface area contributed by atoms with Gasteiger partial charge in [-0.1, -0.05) is 11.6 Å². The second-order valence-corrected chi connectivity index (χ2v) is 5.73. The van der Waals surface area contributed by atoms with Gasteiger partial charge >= 0.3 is 5.97 Å². The van der Waals surface area contributed by atoms with Crippen molar-refractivity contribution in [2.45, 2.75) is 6.92 Å². The summed E-state index contributed by atoms with van der Waals surface area (Å²) in [6.07, 6.45) is 1.49. The molecule has 0 atom stereocenters. The average molecular weight is 320 g/mol. The highest BCUT2D eigenvalue weighted by Gasteiger charge is 2.11. The second kappa shape index (κ2) is 5.31. The van der Waals surface area contributed by atoms with Crippen LogP contribution in [-0.2, 0) is 0 Å². The van der Waals surface area contributed by atoms with Gasteiger partial charge in [0, 0.05) is 0 Å². The lowest BCUT2D eigenvalue weighted by Gasteiger charge is -2.08. The third kappa shape index (κ3) is 2.55. The minimum absolute atomic E-state index is 0.144. The fourth-order valence-corrected chi connectivity index (χ4v) is 3.11. The van der Waals surface area contributed by atoms with Gasteiger partial charge in [-0.25, -0.2) is 14.8 Å². The number of aryl methyl sites for hydroxylation is 1. The minimum atomic E-state index is -1.01. The lowest BCUT2D eigenvalue weighted by Crippen LogP contribution is -1.99. The third-order valence-electron chi connectivity index (χ3n) is 3.00. The summed E-state index contributed by atoms with van der Waals surface area (Å²) in [6, 6.07) is 4.53. The van der Waals surface area contributed by atoms with Gasteiger partial charge in [0.1, 0.15) is 6.33 Å². The lowest BCUT2D eigenvalue weighted by atomic mass is 10.2. The van der Waals surface area contributed by atoms with Crippen molar-refractivity contribution in [3.8, 4) is 0 Å². The smallest absolute Gasteiger partial charge is 0.335 e. The number of anilines is 2. The Bertz CT molecular complexity index is 847. The van der Waals surface area contributed by atoms with E-state index >= 15 is 0 Å². The van der Waals surface area contributed by atoms with E-state index in [2.05, 4.69) is 15.3 Å². The number of carboxylic acids is 1. The van der Waals surface area contributed by atoms with Gasteiger partial charge in [0.05, 0.1) is 26.5 Å². The van der Waals surface area contributed by atoms with E-state index in [9.17, 15) is 4.79 Å². The van der Waals surface area contributed by atoms with Gasteiger partial charge in [0.2, 0.25) is 0 Å². The van der Waals surface area contributed by atoms with E-state index in [0.29, 0.717) is 16.5 Å². The monoisotopic (exact) mass is 319 g/mol. The number of thiophene rings is 1. The van der Waals surface area contributed by atoms with E-state index in [1.807, 2.05) is 12.3 Å². The Kier molecular flexibility index (Phi) is 3.48. The molecule has 0 aliphatic carbocycles. The third-order valence-corrected chi connectivity index (χ3v) is 4.41. The molecule has 0 unspecified atom stereocenters. The van der Waals surface area contributed by atoms with Crippen LogP contribution in [0.1, 0.15) is 15.9 Å². The van der Waals surface area contributed by atoms with Crippen LogP contribution in [0.3, 0.4) is 0 Å². The molecule has 3 aromatic rings. The molecule has 0 saturated carbocycles. The molecule has 2 heterocycles. The summed E-state index contributed by atoms with van der Waals surface area (Å²) < 4.78 is 0.938. The molecule has 1 aromatic carbocycles. The highest BCUT2D eigenvalue weighted by molar-refractivity contribution is 7.18. The number of carbonyl (C=O) groups is 1. The molecule has 5 nitrogen and oxygen atoms in total. The van der Waals surface area contributed by atoms with Crippen LogP contribution in [0.2, 0.25) is 5.02 Å². The quantitative estimate of drug-likeness (QED) is 0.760. The van der Waals surface area contributed by atoms with Crippen LogP contribution in [0.25, 0.3) is 10.2 Å². The summed E-state index contributed by atoms with van der Waals surface area (Å²) in [4.78, 5) is 19.4. The standard InChI is InChI=1S/C14H10ClN3O2S/c1-7-5-21-12-11(7)16-6-17-13(12)18-10-3-2-8(14(19)20)4-9(10)15/h2-6H,1H3,(H,19,20)(H,16,17,18). The zero-order chi connectivity index (χ0) is 15.0. The fraction of sp³-hybridized carbons (Fsp3) is 0.0714. The molecule has 7 heteroatoms. The lowest BCUT2D eigenvalue weighted by molar-refractivity contribution is 0.0697. The Morgan fingerprint density at radius 3 is 2.90 bits per heavy atom. The van der Waals surface area contributed by atoms with Gasteiger partial charge in [-0.15, -0.1) is 11.3 Å². The molecule has 0 radical (unpaired) electrons. The average Bonchev–Trinajstić information content (AvgIpc) is 2.84. The van der Waals surface area contributed by atoms with Crippen molar-refractivity contribution in [2.75, 3.05) is 5.32 Å². The zero-order valence-corrected chi connectivity index (χ0v) is 12.5. The number of halogens is 1. The van der Waals surface area contributed by atoms with Crippen LogP contribution in [-0.4, -0.2) is 21.0 Å². The molecule has 21 heavy (non-hydrogen) atoms. The molecular formula is C14H10ClN3O2S. The first-order valence-corrected chi connectivity index (χ1v) is 7.30. The molecule has 0 aliphatic heterocycles. The van der Waals surface area contributed by atoms with E-state index in [1.165, 1.54) is 18.5 Å². The molecule has 0 fully saturated rings. The molecule has 0 spiro atoms. The van der Waals surface area contributed by atoms with Crippen molar-refractivity contribution in [1.29, 1.82) is 0 Å². The number of hydrogen-bond donors (Lipinski definition) is 2. The number of rotatable bonds is 3. The summed E-state index contributed by atoms with van der Waals surface area (Å²) in [6.45, 7) is 1.99. The molecular weight excluding hydrogens is 310 g/mol. The first-order chi connectivity index (χ1) is 10.1. The van der Waals surface area contributed by atoms with E-state index in [1.54, 1.807) is 17.4 Å². The minimum Gasteiger partial charge on any atom is -0.478 e. The number of aromatic nitrogens is 2. The number of nitrogens with zero attached hydrogens (tertiary/aromatic N) is 2. The van der Waals surface area contributed by atoms with E-state index < -0.39 is 5.97 Å². The number of benzene rings is 1. The van der Waals surface area contributed by atoms with Crippen LogP contribution in [0.5, 0.6) is 0 Å². The Morgan fingerprint density at radius 2 is 2.19 bits per heavy atom. The van der Waals surface area contributed by atoms with E-state index in [0.717, 1.165) is 15.8 Å². The number of fused-ring (bicyclic) bond motifs is 1. The van der Waals surface area contributed by atoms with Gasteiger partial charge in [-0.05, 0) is 36.1 Å². The second-order valence-electron chi connectivity index (χ2n) is 4.44. The Hall–Kier alpha value is -2.18. The predicted octanol–water partition coefficient (Wildman–Crippen LogP) is 4.09. The normalized spacial score (nSPS) is 10.8.